The Hall–Kier alpha value is -2.85. The van der Waals surface area contributed by atoms with E-state index >= 15 is 0 Å². The van der Waals surface area contributed by atoms with Gasteiger partial charge in [0, 0.05) is 12.8 Å². The molecule has 2 saturated heterocycles. The molecule has 2 aliphatic heterocycles. The maximum Gasteiger partial charge on any atom is 0.544 e. The van der Waals surface area contributed by atoms with Crippen molar-refractivity contribution in [2.75, 3.05) is 13.1 Å². The number of nitrogens with zero attached hydrogens (tertiary/aromatic N) is 2. The Bertz CT molecular complexity index is 630. The summed E-state index contributed by atoms with van der Waals surface area (Å²) in [6, 6.07) is 0. The molecule has 2 rings (SSSR count). The van der Waals surface area contributed by atoms with Gasteiger partial charge in [-0.05, 0) is 27.7 Å². The third kappa shape index (κ3) is 4.83. The SMILES string of the molecule is CC(C)(C)OC(=O)N1CC(C)(OC(=O)OC(=O)ON2C(=O)CCC2=O)C1. The summed E-state index contributed by atoms with van der Waals surface area (Å²) in [5, 5.41) is 0.241. The van der Waals surface area contributed by atoms with Gasteiger partial charge in [0.15, 0.2) is 0 Å². The lowest BCUT2D eigenvalue weighted by atomic mass is 9.97. The van der Waals surface area contributed by atoms with E-state index in [1.54, 1.807) is 20.8 Å². The number of rotatable bonds is 2. The topological polar surface area (TPSA) is 129 Å². The molecular weight excluding hydrogens is 352 g/mol. The maximum absolute atomic E-state index is 11.8. The van der Waals surface area contributed by atoms with Crippen LogP contribution in [0.3, 0.4) is 0 Å². The van der Waals surface area contributed by atoms with Crippen molar-refractivity contribution < 1.29 is 43.0 Å². The second kappa shape index (κ2) is 6.81. The van der Waals surface area contributed by atoms with Gasteiger partial charge in [0.05, 0.1) is 13.1 Å². The van der Waals surface area contributed by atoms with Crippen LogP contribution in [0.2, 0.25) is 0 Å². The molecule has 0 aromatic rings. The largest absolute Gasteiger partial charge is 0.544 e. The summed E-state index contributed by atoms with van der Waals surface area (Å²) >= 11 is 0. The molecule has 0 aromatic heterocycles. The molecule has 0 unspecified atom stereocenters. The van der Waals surface area contributed by atoms with Crippen LogP contribution in [0.1, 0.15) is 40.5 Å². The lowest BCUT2D eigenvalue weighted by Crippen LogP contribution is -2.64. The van der Waals surface area contributed by atoms with Crippen molar-refractivity contribution in [1.82, 2.24) is 9.96 Å². The number of carbonyl (C=O) groups excluding carboxylic acids is 5. The highest BCUT2D eigenvalue weighted by Gasteiger charge is 2.47. The molecule has 0 radical (unpaired) electrons. The predicted molar refractivity (Wildman–Crippen MR) is 81.3 cm³/mol. The van der Waals surface area contributed by atoms with Gasteiger partial charge in [0.2, 0.25) is 0 Å². The second-order valence-corrected chi connectivity index (χ2v) is 7.16. The zero-order valence-electron chi connectivity index (χ0n) is 14.9. The predicted octanol–water partition coefficient (Wildman–Crippen LogP) is 1.35. The first-order valence-electron chi connectivity index (χ1n) is 7.85. The van der Waals surface area contributed by atoms with Crippen LogP contribution in [-0.4, -0.2) is 64.5 Å². The minimum Gasteiger partial charge on any atom is -0.444 e. The van der Waals surface area contributed by atoms with Crippen LogP contribution in [-0.2, 0) is 28.6 Å². The second-order valence-electron chi connectivity index (χ2n) is 7.16. The Morgan fingerprint density at radius 3 is 2.04 bits per heavy atom. The fourth-order valence-electron chi connectivity index (χ4n) is 2.32. The van der Waals surface area contributed by atoms with Crippen LogP contribution in [0.15, 0.2) is 0 Å². The fourth-order valence-corrected chi connectivity index (χ4v) is 2.32. The van der Waals surface area contributed by atoms with Crippen molar-refractivity contribution in [3.63, 3.8) is 0 Å². The van der Waals surface area contributed by atoms with E-state index in [0.717, 1.165) is 0 Å². The zero-order chi connectivity index (χ0) is 19.7. The quantitative estimate of drug-likeness (QED) is 0.400. The van der Waals surface area contributed by atoms with E-state index in [2.05, 4.69) is 9.57 Å². The smallest absolute Gasteiger partial charge is 0.444 e. The van der Waals surface area contributed by atoms with Gasteiger partial charge in [-0.2, -0.15) is 0 Å². The Labute approximate surface area is 149 Å². The van der Waals surface area contributed by atoms with Crippen LogP contribution in [0, 0.1) is 0 Å². The molecule has 26 heavy (non-hydrogen) atoms. The molecule has 0 atom stereocenters. The van der Waals surface area contributed by atoms with Crippen LogP contribution < -0.4 is 0 Å². The minimum absolute atomic E-state index is 0.0508. The van der Waals surface area contributed by atoms with Crippen molar-refractivity contribution in [1.29, 1.82) is 0 Å². The van der Waals surface area contributed by atoms with Gasteiger partial charge in [0.1, 0.15) is 11.2 Å². The third-order valence-electron chi connectivity index (χ3n) is 3.37. The summed E-state index contributed by atoms with van der Waals surface area (Å²) in [5.74, 6) is -1.42. The van der Waals surface area contributed by atoms with Gasteiger partial charge >= 0.3 is 18.4 Å². The van der Waals surface area contributed by atoms with Crippen molar-refractivity contribution >= 4 is 30.2 Å². The van der Waals surface area contributed by atoms with Gasteiger partial charge in [-0.1, -0.05) is 5.06 Å². The Morgan fingerprint density at radius 1 is 1.00 bits per heavy atom. The van der Waals surface area contributed by atoms with E-state index in [1.165, 1.54) is 11.8 Å². The highest BCUT2D eigenvalue weighted by atomic mass is 16.9. The molecule has 11 heteroatoms. The molecule has 0 spiro atoms. The summed E-state index contributed by atoms with van der Waals surface area (Å²) < 4.78 is 14.4. The van der Waals surface area contributed by atoms with Crippen LogP contribution >= 0.6 is 0 Å². The molecule has 0 N–H and O–H groups in total. The van der Waals surface area contributed by atoms with Gasteiger partial charge in [-0.15, -0.1) is 0 Å². The van der Waals surface area contributed by atoms with Crippen LogP contribution in [0.5, 0.6) is 0 Å². The highest BCUT2D eigenvalue weighted by Crippen LogP contribution is 2.27. The Kier molecular flexibility index (Phi) is 5.10. The number of imide groups is 1. The molecule has 3 amide bonds. The van der Waals surface area contributed by atoms with Crippen molar-refractivity contribution in [3.8, 4) is 0 Å². The van der Waals surface area contributed by atoms with Crippen molar-refractivity contribution in [2.45, 2.75) is 51.7 Å². The van der Waals surface area contributed by atoms with Crippen molar-refractivity contribution in [3.05, 3.63) is 0 Å². The average Bonchev–Trinajstić information content (AvgIpc) is 2.74. The molecule has 2 heterocycles. The van der Waals surface area contributed by atoms with E-state index in [4.69, 9.17) is 9.47 Å². The molecule has 0 saturated carbocycles. The van der Waals surface area contributed by atoms with Crippen LogP contribution in [0.4, 0.5) is 14.4 Å². The Balaban J connectivity index is 1.76. The summed E-state index contributed by atoms with van der Waals surface area (Å²) in [5.41, 5.74) is -1.72. The van der Waals surface area contributed by atoms with E-state index in [1.807, 2.05) is 0 Å². The molecule has 0 aromatic carbocycles. The lowest BCUT2D eigenvalue weighted by Gasteiger charge is -2.46. The van der Waals surface area contributed by atoms with Gasteiger partial charge in [-0.25, -0.2) is 14.4 Å². The van der Waals surface area contributed by atoms with Gasteiger partial charge in [-0.3, -0.25) is 14.4 Å². The number of carbonyl (C=O) groups is 5. The highest BCUT2D eigenvalue weighted by molar-refractivity contribution is 6.01. The first-order valence-corrected chi connectivity index (χ1v) is 7.85. The maximum atomic E-state index is 11.8. The number of hydrogen-bond acceptors (Lipinski definition) is 9. The summed E-state index contributed by atoms with van der Waals surface area (Å²) in [6.07, 6.45) is -3.67. The molecule has 11 nitrogen and oxygen atoms in total. The molecular formula is C15H20N2O9. The summed E-state index contributed by atoms with van der Waals surface area (Å²) in [7, 11) is 0. The molecule has 2 aliphatic rings. The fraction of sp³-hybridized carbons (Fsp3) is 0.667. The number of hydroxylamine groups is 2. The molecule has 2 fully saturated rings. The number of likely N-dealkylation sites (tertiary alicyclic amines) is 1. The minimum atomic E-state index is -1.56. The standard InChI is InChI=1S/C15H20N2O9/c1-14(2,3)24-11(20)16-7-15(4,8-16)25-12(21)23-13(22)26-17-9(18)5-6-10(17)19/h5-8H2,1-4H3. The van der Waals surface area contributed by atoms with Crippen LogP contribution in [0.25, 0.3) is 0 Å². The number of ether oxygens (including phenoxy) is 3. The molecule has 0 bridgehead atoms. The number of amides is 3. The molecule has 0 aliphatic carbocycles. The van der Waals surface area contributed by atoms with E-state index in [-0.39, 0.29) is 31.0 Å². The van der Waals surface area contributed by atoms with Gasteiger partial charge < -0.3 is 19.1 Å². The van der Waals surface area contributed by atoms with Crippen molar-refractivity contribution in [2.24, 2.45) is 0 Å². The summed E-state index contributed by atoms with van der Waals surface area (Å²) in [4.78, 5) is 63.2. The average molecular weight is 372 g/mol. The number of hydrogen-bond donors (Lipinski definition) is 0. The van der Waals surface area contributed by atoms with E-state index in [0.29, 0.717) is 0 Å². The monoisotopic (exact) mass is 372 g/mol. The molecule has 144 valence electrons. The third-order valence-corrected chi connectivity index (χ3v) is 3.37. The van der Waals surface area contributed by atoms with E-state index < -0.39 is 41.4 Å². The normalized spacial score (nSPS) is 18.9. The van der Waals surface area contributed by atoms with E-state index in [9.17, 15) is 24.0 Å². The first kappa shape index (κ1) is 19.5. The lowest BCUT2D eigenvalue weighted by molar-refractivity contribution is -0.177. The summed E-state index contributed by atoms with van der Waals surface area (Å²) in [6.45, 7) is 6.80. The Morgan fingerprint density at radius 2 is 1.54 bits per heavy atom. The first-order chi connectivity index (χ1) is 11.9. The van der Waals surface area contributed by atoms with Gasteiger partial charge in [0.25, 0.3) is 11.8 Å². The zero-order valence-corrected chi connectivity index (χ0v) is 14.9.